The number of anilines is 1. The first-order chi connectivity index (χ1) is 12.6. The van der Waals surface area contributed by atoms with Gasteiger partial charge in [-0.05, 0) is 18.2 Å². The van der Waals surface area contributed by atoms with Crippen LogP contribution in [0.1, 0.15) is 27.1 Å². The lowest BCUT2D eigenvalue weighted by molar-refractivity contribution is -0.671. The lowest BCUT2D eigenvalue weighted by Gasteiger charge is -2.24. The van der Waals surface area contributed by atoms with Crippen LogP contribution in [0.4, 0.5) is 5.69 Å². The van der Waals surface area contributed by atoms with Crippen LogP contribution in [0.25, 0.3) is 10.8 Å². The van der Waals surface area contributed by atoms with Gasteiger partial charge < -0.3 is 5.32 Å². The van der Waals surface area contributed by atoms with Crippen LogP contribution in [0.3, 0.4) is 0 Å². The summed E-state index contributed by atoms with van der Waals surface area (Å²) in [5.74, 6) is -0.489. The summed E-state index contributed by atoms with van der Waals surface area (Å²) < 4.78 is 4.16. The number of carbonyl (C=O) groups is 2. The Kier molecular flexibility index (Phi) is 3.95. The molecule has 0 unspecified atom stereocenters. The van der Waals surface area contributed by atoms with Gasteiger partial charge in [0.1, 0.15) is 12.4 Å². The molecular weight excluding hydrogens is 328 g/mol. The van der Waals surface area contributed by atoms with Gasteiger partial charge in [-0.3, -0.25) is 14.5 Å². The molecule has 4 rings (SSSR count). The third-order valence-corrected chi connectivity index (χ3v) is 4.84. The summed E-state index contributed by atoms with van der Waals surface area (Å²) >= 11 is 0. The highest BCUT2D eigenvalue weighted by molar-refractivity contribution is 6.26. The number of benzene rings is 2. The lowest BCUT2D eigenvalue weighted by atomic mass is 9.93. The molecule has 6 nitrogen and oxygen atoms in total. The zero-order chi connectivity index (χ0) is 18.3. The summed E-state index contributed by atoms with van der Waals surface area (Å²) in [5, 5.41) is 5.12. The molecule has 3 aromatic rings. The molecule has 6 heteroatoms. The summed E-state index contributed by atoms with van der Waals surface area (Å²) in [6, 6.07) is 9.35. The van der Waals surface area contributed by atoms with E-state index < -0.39 is 0 Å². The highest BCUT2D eigenvalue weighted by atomic mass is 16.2. The molecule has 2 aromatic carbocycles. The van der Waals surface area contributed by atoms with Crippen molar-refractivity contribution in [1.82, 2.24) is 9.47 Å². The minimum Gasteiger partial charge on any atom is -0.384 e. The van der Waals surface area contributed by atoms with E-state index in [9.17, 15) is 9.59 Å². The van der Waals surface area contributed by atoms with Crippen molar-refractivity contribution in [3.05, 3.63) is 60.2 Å². The molecule has 0 aliphatic carbocycles. The molecule has 0 fully saturated rings. The molecule has 0 spiro atoms. The zero-order valence-electron chi connectivity index (χ0n) is 14.9. The average molecular weight is 349 g/mol. The Morgan fingerprint density at radius 3 is 2.58 bits per heavy atom. The Balaban J connectivity index is 1.58. The van der Waals surface area contributed by atoms with Gasteiger partial charge in [-0.1, -0.05) is 12.1 Å². The van der Waals surface area contributed by atoms with Gasteiger partial charge in [0, 0.05) is 47.6 Å². The number of nitrogens with one attached hydrogen (secondary N) is 1. The number of aryl methyl sites for hydroxylation is 2. The van der Waals surface area contributed by atoms with Gasteiger partial charge in [0.05, 0.1) is 13.6 Å². The van der Waals surface area contributed by atoms with E-state index in [4.69, 9.17) is 0 Å². The number of rotatable bonds is 5. The van der Waals surface area contributed by atoms with Gasteiger partial charge in [0.25, 0.3) is 11.8 Å². The van der Waals surface area contributed by atoms with Crippen molar-refractivity contribution in [1.29, 1.82) is 0 Å². The van der Waals surface area contributed by atoms with Gasteiger partial charge in [0.2, 0.25) is 6.33 Å². The monoisotopic (exact) mass is 349 g/mol. The molecule has 0 atom stereocenters. The van der Waals surface area contributed by atoms with Crippen LogP contribution in [-0.4, -0.2) is 34.9 Å². The second-order valence-corrected chi connectivity index (χ2v) is 6.66. The smallest absolute Gasteiger partial charge is 0.261 e. The number of hydrogen-bond acceptors (Lipinski definition) is 3. The molecule has 2 heterocycles. The minimum absolute atomic E-state index is 0.245. The summed E-state index contributed by atoms with van der Waals surface area (Å²) in [4.78, 5) is 26.0. The molecule has 0 radical (unpaired) electrons. The van der Waals surface area contributed by atoms with Crippen molar-refractivity contribution >= 4 is 28.3 Å². The Morgan fingerprint density at radius 2 is 1.85 bits per heavy atom. The highest BCUT2D eigenvalue weighted by Gasteiger charge is 2.30. The first kappa shape index (κ1) is 16.3. The largest absolute Gasteiger partial charge is 0.384 e. The number of imide groups is 1. The predicted octanol–water partition coefficient (Wildman–Crippen LogP) is 2.19. The standard InChI is InChI=1S/C20H20N4O2/c1-22-11-12-24(13-22)10-4-9-21-17-8-7-16-18-14(17)5-3-6-15(18)19(25)23(2)20(16)26/h3,5-8,11-13H,4,9-10H2,1-2H3/p+1. The minimum atomic E-state index is -0.245. The third-order valence-electron chi connectivity index (χ3n) is 4.84. The Hall–Kier alpha value is -3.15. The fourth-order valence-electron chi connectivity index (χ4n) is 3.49. The third kappa shape index (κ3) is 2.63. The second-order valence-electron chi connectivity index (χ2n) is 6.66. The molecule has 1 aliphatic rings. The van der Waals surface area contributed by atoms with Crippen LogP contribution in [0.5, 0.6) is 0 Å². The van der Waals surface area contributed by atoms with E-state index in [0.717, 1.165) is 36.0 Å². The second kappa shape index (κ2) is 6.29. The van der Waals surface area contributed by atoms with E-state index in [1.54, 1.807) is 6.07 Å². The number of hydrogen-bond donors (Lipinski definition) is 1. The van der Waals surface area contributed by atoms with Crippen LogP contribution < -0.4 is 9.88 Å². The van der Waals surface area contributed by atoms with E-state index in [0.29, 0.717) is 11.1 Å². The topological polar surface area (TPSA) is 58.2 Å². The summed E-state index contributed by atoms with van der Waals surface area (Å²) in [5.41, 5.74) is 2.12. The first-order valence-electron chi connectivity index (χ1n) is 8.69. The lowest BCUT2D eigenvalue weighted by Crippen LogP contribution is -2.36. The predicted molar refractivity (Wildman–Crippen MR) is 99.1 cm³/mol. The van der Waals surface area contributed by atoms with Crippen molar-refractivity contribution in [2.24, 2.45) is 7.05 Å². The summed E-state index contributed by atoms with van der Waals surface area (Å²) in [7, 11) is 3.53. The van der Waals surface area contributed by atoms with Crippen LogP contribution in [0.2, 0.25) is 0 Å². The maximum Gasteiger partial charge on any atom is 0.261 e. The molecule has 0 saturated heterocycles. The van der Waals surface area contributed by atoms with Gasteiger partial charge in [-0.2, -0.15) is 0 Å². The number of amides is 2. The Morgan fingerprint density at radius 1 is 1.08 bits per heavy atom. The highest BCUT2D eigenvalue weighted by Crippen LogP contribution is 2.33. The van der Waals surface area contributed by atoms with Gasteiger partial charge >= 0.3 is 0 Å². The van der Waals surface area contributed by atoms with Crippen LogP contribution >= 0.6 is 0 Å². The molecule has 132 valence electrons. The molecular formula is C20H21N4O2+. The van der Waals surface area contributed by atoms with Crippen molar-refractivity contribution in [2.45, 2.75) is 13.0 Å². The molecule has 0 bridgehead atoms. The first-order valence-corrected chi connectivity index (χ1v) is 8.69. The molecule has 26 heavy (non-hydrogen) atoms. The number of aromatic nitrogens is 2. The van der Waals surface area contributed by atoms with E-state index in [-0.39, 0.29) is 11.8 Å². The average Bonchev–Trinajstić information content (AvgIpc) is 3.07. The van der Waals surface area contributed by atoms with Crippen molar-refractivity contribution in [3.8, 4) is 0 Å². The Bertz CT molecular complexity index is 1000. The van der Waals surface area contributed by atoms with E-state index in [1.165, 1.54) is 11.9 Å². The fraction of sp³-hybridized carbons (Fsp3) is 0.250. The summed E-state index contributed by atoms with van der Waals surface area (Å²) in [6.45, 7) is 1.74. The zero-order valence-corrected chi connectivity index (χ0v) is 14.9. The van der Waals surface area contributed by atoms with E-state index in [1.807, 2.05) is 42.1 Å². The number of nitrogens with zero attached hydrogens (tertiary/aromatic N) is 3. The molecule has 2 amide bonds. The maximum atomic E-state index is 12.4. The molecule has 1 aromatic heterocycles. The van der Waals surface area contributed by atoms with Crippen molar-refractivity contribution in [3.63, 3.8) is 0 Å². The van der Waals surface area contributed by atoms with E-state index >= 15 is 0 Å². The number of carbonyl (C=O) groups excluding carboxylic acids is 2. The molecule has 0 saturated carbocycles. The molecule has 1 N–H and O–H groups in total. The maximum absolute atomic E-state index is 12.4. The summed E-state index contributed by atoms with van der Waals surface area (Å²) in [6.07, 6.45) is 7.09. The van der Waals surface area contributed by atoms with Crippen molar-refractivity contribution in [2.75, 3.05) is 18.9 Å². The quantitative estimate of drug-likeness (QED) is 0.436. The van der Waals surface area contributed by atoms with Gasteiger partial charge in [0.15, 0.2) is 0 Å². The van der Waals surface area contributed by atoms with E-state index in [2.05, 4.69) is 22.4 Å². The molecule has 1 aliphatic heterocycles. The number of imidazole rings is 1. The van der Waals surface area contributed by atoms with Crippen LogP contribution in [-0.2, 0) is 13.6 Å². The SMILES string of the molecule is CN1C(=O)c2cccc3c(NCCCn4cc[n+](C)c4)ccc(c23)C1=O. The van der Waals surface area contributed by atoms with Crippen LogP contribution in [0.15, 0.2) is 49.1 Å². The van der Waals surface area contributed by atoms with Gasteiger partial charge in [-0.25, -0.2) is 9.13 Å². The Labute approximate surface area is 151 Å². The van der Waals surface area contributed by atoms with Crippen LogP contribution in [0, 0.1) is 0 Å². The van der Waals surface area contributed by atoms with Crippen molar-refractivity contribution < 1.29 is 14.2 Å². The fourth-order valence-corrected chi connectivity index (χ4v) is 3.49. The van der Waals surface area contributed by atoms with Gasteiger partial charge in [-0.15, -0.1) is 0 Å². The normalized spacial score (nSPS) is 13.5.